The fourth-order valence-corrected chi connectivity index (χ4v) is 2.58. The van der Waals surface area contributed by atoms with Gasteiger partial charge in [0.25, 0.3) is 6.43 Å². The van der Waals surface area contributed by atoms with Crippen LogP contribution in [0.1, 0.15) is 33.6 Å². The van der Waals surface area contributed by atoms with Crippen molar-refractivity contribution < 1.29 is 13.5 Å². The summed E-state index contributed by atoms with van der Waals surface area (Å²) < 4.78 is 29.0. The number of nitrogens with zero attached hydrogens (tertiary/aromatic N) is 1. The summed E-state index contributed by atoms with van der Waals surface area (Å²) in [5.41, 5.74) is 0. The van der Waals surface area contributed by atoms with Crippen LogP contribution < -0.4 is 5.32 Å². The predicted molar refractivity (Wildman–Crippen MR) is 73.7 cm³/mol. The van der Waals surface area contributed by atoms with E-state index in [9.17, 15) is 8.78 Å². The van der Waals surface area contributed by atoms with E-state index in [-0.39, 0.29) is 0 Å². The fraction of sp³-hybridized carbons (Fsp3) is 1.00. The Hall–Kier alpha value is -0.260. The normalized spacial score (nSPS) is 26.8. The molecule has 3 atom stereocenters. The lowest BCUT2D eigenvalue weighted by molar-refractivity contribution is -0.000609. The number of rotatable bonds is 8. The summed E-state index contributed by atoms with van der Waals surface area (Å²) in [6.45, 7) is 9.31. The number of hydrogen-bond donors (Lipinski definition) is 1. The van der Waals surface area contributed by atoms with Crippen LogP contribution in [-0.4, -0.2) is 56.3 Å². The molecule has 0 aromatic carbocycles. The van der Waals surface area contributed by atoms with E-state index in [0.717, 1.165) is 32.5 Å². The van der Waals surface area contributed by atoms with E-state index >= 15 is 0 Å². The highest BCUT2D eigenvalue weighted by molar-refractivity contribution is 4.87. The third-order valence-electron chi connectivity index (χ3n) is 4.13. The number of nitrogens with one attached hydrogen (secondary N) is 1. The maximum absolute atomic E-state index is 12.0. The maximum atomic E-state index is 12.0. The van der Waals surface area contributed by atoms with Gasteiger partial charge in [-0.15, -0.1) is 0 Å². The summed E-state index contributed by atoms with van der Waals surface area (Å²) in [4.78, 5) is 2.39. The molecule has 0 saturated carbocycles. The van der Waals surface area contributed by atoms with Gasteiger partial charge in [-0.25, -0.2) is 8.78 Å². The number of alkyl halides is 2. The average molecular weight is 278 g/mol. The molecule has 3 nitrogen and oxygen atoms in total. The van der Waals surface area contributed by atoms with Gasteiger partial charge in [-0.3, -0.25) is 4.90 Å². The minimum atomic E-state index is -2.36. The van der Waals surface area contributed by atoms with E-state index in [4.69, 9.17) is 4.74 Å². The van der Waals surface area contributed by atoms with Crippen molar-refractivity contribution in [3.05, 3.63) is 0 Å². The smallest absolute Gasteiger partial charge is 0.261 e. The van der Waals surface area contributed by atoms with Gasteiger partial charge in [0, 0.05) is 31.7 Å². The summed E-state index contributed by atoms with van der Waals surface area (Å²) in [6.07, 6.45) is -0.128. The number of halogens is 2. The highest BCUT2D eigenvalue weighted by Crippen LogP contribution is 2.16. The molecule has 1 aliphatic rings. The second-order valence-corrected chi connectivity index (χ2v) is 5.42. The van der Waals surface area contributed by atoms with Crippen LogP contribution in [0.2, 0.25) is 0 Å². The Morgan fingerprint density at radius 2 is 2.11 bits per heavy atom. The monoisotopic (exact) mass is 278 g/mol. The molecule has 3 unspecified atom stereocenters. The van der Waals surface area contributed by atoms with Gasteiger partial charge in [0.15, 0.2) is 0 Å². The Morgan fingerprint density at radius 1 is 1.37 bits per heavy atom. The molecule has 19 heavy (non-hydrogen) atoms. The van der Waals surface area contributed by atoms with Gasteiger partial charge in [-0.1, -0.05) is 27.2 Å². The summed E-state index contributed by atoms with van der Waals surface area (Å²) in [7, 11) is 0. The first-order valence-electron chi connectivity index (χ1n) is 7.41. The molecule has 0 aromatic rings. The molecule has 114 valence electrons. The molecule has 5 heteroatoms. The Bertz CT molecular complexity index is 241. The van der Waals surface area contributed by atoms with Crippen molar-refractivity contribution in [1.29, 1.82) is 0 Å². The quantitative estimate of drug-likeness (QED) is 0.690. The standard InChI is InChI=1S/C14H28F2N2O/c1-4-11(3)13-9-18(12(5-2)8-17-13)6-7-19-10-14(15)16/h11-14,17H,4-10H2,1-3H3. The van der Waals surface area contributed by atoms with Crippen LogP contribution in [0.15, 0.2) is 0 Å². The minimum absolute atomic E-state index is 0.397. The molecule has 1 fully saturated rings. The first kappa shape index (κ1) is 16.8. The summed E-state index contributed by atoms with van der Waals surface area (Å²) in [5, 5.41) is 3.61. The fourth-order valence-electron chi connectivity index (χ4n) is 2.58. The third kappa shape index (κ3) is 5.71. The number of piperazine rings is 1. The number of ether oxygens (including phenoxy) is 1. The topological polar surface area (TPSA) is 24.5 Å². The molecule has 0 spiro atoms. The van der Waals surface area contributed by atoms with Crippen molar-refractivity contribution in [3.8, 4) is 0 Å². The molecule has 0 amide bonds. The molecule has 0 aliphatic carbocycles. The van der Waals surface area contributed by atoms with Crippen molar-refractivity contribution in [2.24, 2.45) is 5.92 Å². The van der Waals surface area contributed by atoms with Gasteiger partial charge < -0.3 is 10.1 Å². The van der Waals surface area contributed by atoms with Crippen LogP contribution in [0.4, 0.5) is 8.78 Å². The van der Waals surface area contributed by atoms with E-state index in [1.807, 2.05) is 0 Å². The summed E-state index contributed by atoms with van der Waals surface area (Å²) >= 11 is 0. The highest BCUT2D eigenvalue weighted by Gasteiger charge is 2.28. The van der Waals surface area contributed by atoms with Gasteiger partial charge in [-0.05, 0) is 12.3 Å². The second-order valence-electron chi connectivity index (χ2n) is 5.42. The van der Waals surface area contributed by atoms with E-state index < -0.39 is 13.0 Å². The molecule has 1 saturated heterocycles. The van der Waals surface area contributed by atoms with Gasteiger partial charge >= 0.3 is 0 Å². The van der Waals surface area contributed by atoms with E-state index in [1.54, 1.807) is 0 Å². The predicted octanol–water partition coefficient (Wildman–Crippen LogP) is 2.37. The Morgan fingerprint density at radius 3 is 2.68 bits per heavy atom. The first-order chi connectivity index (χ1) is 9.08. The lowest BCUT2D eigenvalue weighted by atomic mass is 9.95. The molecule has 1 rings (SSSR count). The molecular formula is C14H28F2N2O. The minimum Gasteiger partial charge on any atom is -0.374 e. The van der Waals surface area contributed by atoms with Crippen LogP contribution in [-0.2, 0) is 4.74 Å². The van der Waals surface area contributed by atoms with Crippen LogP contribution >= 0.6 is 0 Å². The van der Waals surface area contributed by atoms with E-state index in [1.165, 1.54) is 0 Å². The Balaban J connectivity index is 2.37. The van der Waals surface area contributed by atoms with E-state index in [2.05, 4.69) is 31.0 Å². The van der Waals surface area contributed by atoms with Crippen molar-refractivity contribution in [2.75, 3.05) is 32.8 Å². The number of hydrogen-bond acceptors (Lipinski definition) is 3. The van der Waals surface area contributed by atoms with Crippen molar-refractivity contribution >= 4 is 0 Å². The zero-order chi connectivity index (χ0) is 14.3. The van der Waals surface area contributed by atoms with Gasteiger partial charge in [0.2, 0.25) is 0 Å². The second kappa shape index (κ2) is 8.82. The average Bonchev–Trinajstić information content (AvgIpc) is 2.42. The zero-order valence-electron chi connectivity index (χ0n) is 12.4. The van der Waals surface area contributed by atoms with Gasteiger partial charge in [-0.2, -0.15) is 0 Å². The molecule has 0 aromatic heterocycles. The maximum Gasteiger partial charge on any atom is 0.261 e. The first-order valence-corrected chi connectivity index (χ1v) is 7.41. The molecule has 0 bridgehead atoms. The molecule has 1 N–H and O–H groups in total. The van der Waals surface area contributed by atoms with Gasteiger partial charge in [0.1, 0.15) is 6.61 Å². The van der Waals surface area contributed by atoms with Crippen LogP contribution in [0.5, 0.6) is 0 Å². The molecular weight excluding hydrogens is 250 g/mol. The lowest BCUT2D eigenvalue weighted by Crippen LogP contribution is -2.58. The van der Waals surface area contributed by atoms with Crippen LogP contribution in [0.3, 0.4) is 0 Å². The van der Waals surface area contributed by atoms with Crippen LogP contribution in [0.25, 0.3) is 0 Å². The van der Waals surface area contributed by atoms with Crippen molar-refractivity contribution in [3.63, 3.8) is 0 Å². The lowest BCUT2D eigenvalue weighted by Gasteiger charge is -2.42. The zero-order valence-corrected chi connectivity index (χ0v) is 12.4. The molecule has 1 heterocycles. The van der Waals surface area contributed by atoms with Crippen LogP contribution in [0, 0.1) is 5.92 Å². The Labute approximate surface area is 115 Å². The van der Waals surface area contributed by atoms with Gasteiger partial charge in [0.05, 0.1) is 6.61 Å². The molecule has 1 aliphatic heterocycles. The summed E-state index contributed by atoms with van der Waals surface area (Å²) in [5.74, 6) is 0.641. The highest BCUT2D eigenvalue weighted by atomic mass is 19.3. The Kier molecular flexibility index (Phi) is 7.80. The molecule has 0 radical (unpaired) electrons. The van der Waals surface area contributed by atoms with Crippen molar-refractivity contribution in [1.82, 2.24) is 10.2 Å². The largest absolute Gasteiger partial charge is 0.374 e. The SMILES string of the molecule is CCC(C)C1CN(CCOCC(F)F)C(CC)CN1. The summed E-state index contributed by atoms with van der Waals surface area (Å²) in [6, 6.07) is 0.998. The third-order valence-corrected chi connectivity index (χ3v) is 4.13. The van der Waals surface area contributed by atoms with Crippen molar-refractivity contribution in [2.45, 2.75) is 52.1 Å². The van der Waals surface area contributed by atoms with E-state index in [0.29, 0.717) is 24.6 Å².